The molecule has 0 spiro atoms. The van der Waals surface area contributed by atoms with E-state index >= 15 is 0 Å². The smallest absolute Gasteiger partial charge is 0.320 e. The molecule has 0 radical (unpaired) electrons. The molecule has 51 heavy (non-hydrogen) atoms. The predicted molar refractivity (Wildman–Crippen MR) is 229 cm³/mol. The van der Waals surface area contributed by atoms with Crippen molar-refractivity contribution in [3.8, 4) is 0 Å². The van der Waals surface area contributed by atoms with Gasteiger partial charge in [0.25, 0.3) is 0 Å². The maximum absolute atomic E-state index is 10.0. The van der Waals surface area contributed by atoms with Gasteiger partial charge in [0.05, 0.1) is 0 Å². The van der Waals surface area contributed by atoms with Crippen molar-refractivity contribution in [2.24, 2.45) is 0 Å². The normalized spacial score (nSPS) is 14.2. The molecule has 2 N–H and O–H groups in total. The van der Waals surface area contributed by atoms with Crippen LogP contribution in [0.15, 0.2) is 23.6 Å². The molecule has 0 unspecified atom stereocenters. The minimum atomic E-state index is -2.60. The number of hydrogen-bond acceptors (Lipinski definition) is 10. The van der Waals surface area contributed by atoms with Gasteiger partial charge in [-0.2, -0.15) is 0 Å². The van der Waals surface area contributed by atoms with Crippen LogP contribution < -0.4 is 0 Å². The molecule has 0 aliphatic rings. The number of ether oxygens (including phenoxy) is 2. The largest absolute Gasteiger partial charge is 0.555 e. The predicted octanol–water partition coefficient (Wildman–Crippen LogP) is 9.61. The molecule has 0 aliphatic heterocycles. The van der Waals surface area contributed by atoms with E-state index in [0.717, 1.165) is 64.6 Å². The van der Waals surface area contributed by atoms with E-state index in [2.05, 4.69) is 90.1 Å². The minimum Gasteiger partial charge on any atom is -0.555 e. The Morgan fingerprint density at radius 2 is 0.686 bits per heavy atom. The van der Waals surface area contributed by atoms with Crippen LogP contribution in [0.4, 0.5) is 0 Å². The second-order valence-corrected chi connectivity index (χ2v) is 45.6. The van der Waals surface area contributed by atoms with Gasteiger partial charge in [0, 0.05) is 13.2 Å². The molecular formula is C32H78O10RfSi8-2. The van der Waals surface area contributed by atoms with Crippen LogP contribution in [0.1, 0.15) is 51.4 Å². The molecule has 0 heterocycles. The minimum absolute atomic E-state index is 0. The van der Waals surface area contributed by atoms with E-state index in [1.54, 1.807) is 26.2 Å². The maximum Gasteiger partial charge on any atom is 0.320 e. The standard InChI is InChI=1S/2C16H39O5Si4.Rf/c2*1-18-15-13-11-10-12-14-16-22(2,3)19-24(6,7)21-25(8,9)20-23(4,5)17;/h2*14,16-17H,1,10-13,15H2,2-9H3;/q2*-1;/b2*16-14+;. The summed E-state index contributed by atoms with van der Waals surface area (Å²) in [6, 6.07) is 0. The zero-order valence-corrected chi connectivity index (χ0v) is 50.1. The van der Waals surface area contributed by atoms with E-state index in [4.69, 9.17) is 34.2 Å². The first-order valence-corrected chi connectivity index (χ1v) is 41.1. The average molecular weight is 1110 g/mol. The van der Waals surface area contributed by atoms with Crippen LogP contribution in [-0.4, -0.2) is 90.8 Å². The number of unbranched alkanes of at least 4 members (excludes halogenated alkanes) is 6. The summed E-state index contributed by atoms with van der Waals surface area (Å²) in [6.07, 6.45) is 13.4. The Balaban J connectivity index is -0.000000886. The Morgan fingerprint density at radius 1 is 0.412 bits per heavy atom. The van der Waals surface area contributed by atoms with Gasteiger partial charge in [-0.3, -0.25) is 0 Å². The molecule has 302 valence electrons. The molecule has 0 aliphatic carbocycles. The van der Waals surface area contributed by atoms with Gasteiger partial charge in [0.2, 0.25) is 0 Å². The topological polar surface area (TPSA) is 114 Å². The van der Waals surface area contributed by atoms with Crippen molar-refractivity contribution in [1.29, 1.82) is 0 Å². The summed E-state index contributed by atoms with van der Waals surface area (Å²) in [7, 11) is -11.8. The molecule has 0 rings (SSSR count). The molecule has 0 saturated heterocycles. The average Bonchev–Trinajstić information content (AvgIpc) is 2.82. The molecule has 0 fully saturated rings. The van der Waals surface area contributed by atoms with E-state index in [1.165, 1.54) is 0 Å². The van der Waals surface area contributed by atoms with Crippen LogP contribution in [0.5, 0.6) is 0 Å². The van der Waals surface area contributed by atoms with Crippen molar-refractivity contribution in [2.45, 2.75) is 156 Å². The Hall–Kier alpha value is -0.185. The molecule has 0 aromatic rings. The number of allylic oxidation sites excluding steroid dienone is 2. The second-order valence-electron chi connectivity index (χ2n) is 16.6. The van der Waals surface area contributed by atoms with E-state index in [0.29, 0.717) is 0 Å². The van der Waals surface area contributed by atoms with E-state index in [9.17, 15) is 9.59 Å². The van der Waals surface area contributed by atoms with Crippen molar-refractivity contribution in [3.05, 3.63) is 37.8 Å². The van der Waals surface area contributed by atoms with Gasteiger partial charge in [0.15, 0.2) is 16.6 Å². The van der Waals surface area contributed by atoms with Crippen molar-refractivity contribution in [1.82, 2.24) is 0 Å². The van der Waals surface area contributed by atoms with Crippen molar-refractivity contribution in [3.63, 3.8) is 0 Å². The van der Waals surface area contributed by atoms with Crippen molar-refractivity contribution < 1.29 is 43.8 Å². The molecule has 0 aromatic heterocycles. The fourth-order valence-electron chi connectivity index (χ4n) is 5.83. The van der Waals surface area contributed by atoms with Crippen LogP contribution in [0.2, 0.25) is 105 Å². The Morgan fingerprint density at radius 3 is 0.941 bits per heavy atom. The summed E-state index contributed by atoms with van der Waals surface area (Å²) in [5.74, 6) is 0. The van der Waals surface area contributed by atoms with E-state index < -0.39 is 68.0 Å². The quantitative estimate of drug-likeness (QED) is 0.0494. The SMILES string of the molecule is [CH2-]OCCCCC/C=C/[Si](C)(C)O[Si](C)(C)O[Si](C)(C)O[Si](C)(C)O.[CH2-]OCCCCC/C=C/[Si](C)(C)O[Si](C)(C)O[Si](C)(C)O[Si](C)(C)O.[Rf]. The third-order valence-corrected chi connectivity index (χ3v) is 32.4. The van der Waals surface area contributed by atoms with Gasteiger partial charge in [-0.25, -0.2) is 14.2 Å². The van der Waals surface area contributed by atoms with Crippen LogP contribution in [0, 0.1) is 14.2 Å². The summed E-state index contributed by atoms with van der Waals surface area (Å²) >= 11 is 0. The van der Waals surface area contributed by atoms with E-state index in [-0.39, 0.29) is 0 Å². The van der Waals surface area contributed by atoms with Gasteiger partial charge >= 0.3 is 51.4 Å². The van der Waals surface area contributed by atoms with Crippen molar-refractivity contribution >= 4 is 68.0 Å². The van der Waals surface area contributed by atoms with Gasteiger partial charge in [-0.1, -0.05) is 36.4 Å². The molecule has 0 amide bonds. The summed E-state index contributed by atoms with van der Waals surface area (Å²) < 4.78 is 46.9. The summed E-state index contributed by atoms with van der Waals surface area (Å²) in [5, 5.41) is 0. The molecule has 0 bridgehead atoms. The first kappa shape index (κ1) is 55.2. The van der Waals surface area contributed by atoms with Crippen LogP contribution >= 0.6 is 0 Å². The Labute approximate surface area is 317 Å². The molecule has 0 aromatic carbocycles. The molecule has 0 saturated carbocycles. The van der Waals surface area contributed by atoms with Gasteiger partial charge in [-0.15, -0.1) is 0 Å². The van der Waals surface area contributed by atoms with Crippen LogP contribution in [-0.2, 0) is 34.2 Å². The zero-order chi connectivity index (χ0) is 39.6. The van der Waals surface area contributed by atoms with Gasteiger partial charge in [0.1, 0.15) is 0 Å². The fourth-order valence-corrected chi connectivity index (χ4v) is 39.2. The third-order valence-electron chi connectivity index (χ3n) is 6.35. The van der Waals surface area contributed by atoms with Gasteiger partial charge < -0.3 is 43.8 Å². The van der Waals surface area contributed by atoms with Crippen molar-refractivity contribution in [2.75, 3.05) is 13.2 Å². The molecule has 0 atom stereocenters. The van der Waals surface area contributed by atoms with Crippen LogP contribution in [0.25, 0.3) is 0 Å². The van der Waals surface area contributed by atoms with E-state index in [1.807, 2.05) is 26.2 Å². The molecular weight excluding hydrogens is 1040 g/mol. The summed E-state index contributed by atoms with van der Waals surface area (Å²) in [6.45, 7) is 33.5. The molecule has 19 heteroatoms. The number of hydrogen-bond donors (Lipinski definition) is 2. The summed E-state index contributed by atoms with van der Waals surface area (Å²) in [4.78, 5) is 20.1. The maximum atomic E-state index is 10.0. The Bertz CT molecular complexity index is 895. The first-order valence-electron chi connectivity index (χ1n) is 18.1. The summed E-state index contributed by atoms with van der Waals surface area (Å²) in [5.41, 5.74) is 4.51. The Kier molecular flexibility index (Phi) is 26.3. The van der Waals surface area contributed by atoms with Crippen LogP contribution in [0.3, 0.4) is 0 Å². The van der Waals surface area contributed by atoms with Gasteiger partial charge in [-0.05, 0) is 143 Å². The number of rotatable bonds is 26. The second kappa shape index (κ2) is 24.4. The monoisotopic (exact) mass is 1110 g/mol. The zero-order valence-electron chi connectivity index (χ0n) is 35.7. The molecule has 10 nitrogen and oxygen atoms in total. The third kappa shape index (κ3) is 36.6. The fraction of sp³-hybridized carbons (Fsp3) is 0.812. The first-order chi connectivity index (χ1) is 22.4.